The van der Waals surface area contributed by atoms with Crippen molar-refractivity contribution in [1.82, 2.24) is 0 Å². The van der Waals surface area contributed by atoms with Gasteiger partial charge in [-0.2, -0.15) is 0 Å². The first kappa shape index (κ1) is 13.9. The number of hydrogen-bond donors (Lipinski definition) is 0. The van der Waals surface area contributed by atoms with Crippen LogP contribution in [0.15, 0.2) is 53.1 Å². The summed E-state index contributed by atoms with van der Waals surface area (Å²) in [5.41, 5.74) is 2.40. The Labute approximate surface area is 126 Å². The predicted molar refractivity (Wildman–Crippen MR) is 84.9 cm³/mol. The second-order valence-corrected chi connectivity index (χ2v) is 6.45. The number of hydrogen-bond acceptors (Lipinski definition) is 3. The van der Waals surface area contributed by atoms with E-state index in [4.69, 9.17) is 14.5 Å². The summed E-state index contributed by atoms with van der Waals surface area (Å²) in [5.74, 6) is 1.55. The second-order valence-electron chi connectivity index (χ2n) is 6.45. The summed E-state index contributed by atoms with van der Waals surface area (Å²) in [6.07, 6.45) is 6.35. The topological polar surface area (TPSA) is 30.8 Å². The number of nitrogens with zero attached hydrogens (tertiary/aromatic N) is 1. The lowest BCUT2D eigenvalue weighted by atomic mass is 9.78. The van der Waals surface area contributed by atoms with Crippen molar-refractivity contribution in [3.8, 4) is 5.75 Å². The summed E-state index contributed by atoms with van der Waals surface area (Å²) in [5, 5.41) is 0. The number of ether oxygens (including phenoxy) is 2. The molecule has 1 aromatic rings. The molecule has 0 spiro atoms. The van der Waals surface area contributed by atoms with Crippen LogP contribution in [0.5, 0.6) is 5.75 Å². The zero-order valence-electron chi connectivity index (χ0n) is 13.0. The quantitative estimate of drug-likeness (QED) is 0.827. The molecule has 2 atom stereocenters. The number of aliphatic imine (C=N–C) groups is 1. The third kappa shape index (κ3) is 2.60. The number of methoxy groups -OCH3 is 1. The van der Waals surface area contributed by atoms with E-state index in [9.17, 15) is 0 Å². The number of allylic oxidation sites excluding steroid dienone is 2. The van der Waals surface area contributed by atoms with E-state index in [1.807, 2.05) is 24.3 Å². The normalized spacial score (nSPS) is 24.0. The molecule has 1 aliphatic heterocycles. The Morgan fingerprint density at radius 3 is 2.48 bits per heavy atom. The number of rotatable bonds is 2. The van der Waals surface area contributed by atoms with E-state index < -0.39 is 0 Å². The van der Waals surface area contributed by atoms with Crippen LogP contribution in [0, 0.1) is 5.41 Å². The number of benzene rings is 1. The molecule has 0 saturated carbocycles. The van der Waals surface area contributed by atoms with E-state index >= 15 is 0 Å². The maximum absolute atomic E-state index is 6.03. The van der Waals surface area contributed by atoms with Crippen molar-refractivity contribution in [1.29, 1.82) is 0 Å². The first-order valence-corrected chi connectivity index (χ1v) is 7.27. The molecule has 2 aliphatic rings. The molecule has 21 heavy (non-hydrogen) atoms. The molecular formula is C18H21NO2. The van der Waals surface area contributed by atoms with Gasteiger partial charge in [-0.05, 0) is 41.3 Å². The minimum absolute atomic E-state index is 0.0151. The van der Waals surface area contributed by atoms with Crippen molar-refractivity contribution in [2.45, 2.75) is 32.9 Å². The maximum atomic E-state index is 6.03. The van der Waals surface area contributed by atoms with E-state index in [1.165, 1.54) is 5.57 Å². The van der Waals surface area contributed by atoms with Crippen LogP contribution in [-0.2, 0) is 4.74 Å². The van der Waals surface area contributed by atoms with Crippen molar-refractivity contribution < 1.29 is 9.47 Å². The first-order chi connectivity index (χ1) is 9.99. The molecule has 1 heterocycles. The molecule has 3 nitrogen and oxygen atoms in total. The van der Waals surface area contributed by atoms with Crippen LogP contribution in [0.4, 0.5) is 0 Å². The van der Waals surface area contributed by atoms with Gasteiger partial charge in [0, 0.05) is 5.56 Å². The molecule has 2 unspecified atom stereocenters. The van der Waals surface area contributed by atoms with E-state index in [-0.39, 0.29) is 17.6 Å². The molecule has 1 aromatic carbocycles. The molecular weight excluding hydrogens is 262 g/mol. The summed E-state index contributed by atoms with van der Waals surface area (Å²) in [6.45, 7) is 6.65. The average molecular weight is 283 g/mol. The van der Waals surface area contributed by atoms with Gasteiger partial charge in [0.2, 0.25) is 5.90 Å². The van der Waals surface area contributed by atoms with E-state index in [1.54, 1.807) is 7.11 Å². The summed E-state index contributed by atoms with van der Waals surface area (Å²) in [4.78, 5) is 4.82. The summed E-state index contributed by atoms with van der Waals surface area (Å²) in [7, 11) is 1.67. The molecule has 110 valence electrons. The lowest BCUT2D eigenvalue weighted by Gasteiger charge is -2.30. The first-order valence-electron chi connectivity index (χ1n) is 7.27. The van der Waals surface area contributed by atoms with Crippen molar-refractivity contribution in [2.75, 3.05) is 7.11 Å². The highest BCUT2D eigenvalue weighted by Gasteiger charge is 2.37. The van der Waals surface area contributed by atoms with E-state index in [0.29, 0.717) is 5.90 Å². The minimum Gasteiger partial charge on any atom is -0.497 e. The highest BCUT2D eigenvalue weighted by atomic mass is 16.5. The highest BCUT2D eigenvalue weighted by molar-refractivity contribution is 5.96. The highest BCUT2D eigenvalue weighted by Crippen LogP contribution is 2.37. The summed E-state index contributed by atoms with van der Waals surface area (Å²) < 4.78 is 11.2. The van der Waals surface area contributed by atoms with Crippen LogP contribution in [0.1, 0.15) is 26.3 Å². The second kappa shape index (κ2) is 5.06. The maximum Gasteiger partial charge on any atom is 0.217 e. The monoisotopic (exact) mass is 283 g/mol. The molecule has 3 heteroatoms. The van der Waals surface area contributed by atoms with Gasteiger partial charge in [0.25, 0.3) is 0 Å². The molecule has 0 aromatic heterocycles. The van der Waals surface area contributed by atoms with E-state index in [0.717, 1.165) is 11.3 Å². The predicted octanol–water partition coefficient (Wildman–Crippen LogP) is 3.75. The van der Waals surface area contributed by atoms with Crippen LogP contribution in [0.3, 0.4) is 0 Å². The molecule has 0 saturated heterocycles. The van der Waals surface area contributed by atoms with Crippen LogP contribution < -0.4 is 4.74 Å². The van der Waals surface area contributed by atoms with Gasteiger partial charge in [-0.1, -0.05) is 32.9 Å². The Morgan fingerprint density at radius 1 is 1.14 bits per heavy atom. The van der Waals surface area contributed by atoms with Gasteiger partial charge in [-0.3, -0.25) is 0 Å². The van der Waals surface area contributed by atoms with Gasteiger partial charge in [-0.15, -0.1) is 0 Å². The van der Waals surface area contributed by atoms with Gasteiger partial charge in [0.1, 0.15) is 17.9 Å². The lowest BCUT2D eigenvalue weighted by molar-refractivity contribution is 0.240. The molecule has 0 fully saturated rings. The fourth-order valence-electron chi connectivity index (χ4n) is 2.75. The third-order valence-electron chi connectivity index (χ3n) is 3.91. The summed E-state index contributed by atoms with van der Waals surface area (Å²) >= 11 is 0. The van der Waals surface area contributed by atoms with Crippen molar-refractivity contribution in [3.05, 3.63) is 53.6 Å². The molecule has 0 radical (unpaired) electrons. The van der Waals surface area contributed by atoms with Gasteiger partial charge in [0.15, 0.2) is 0 Å². The zero-order valence-corrected chi connectivity index (χ0v) is 13.0. The Kier molecular flexibility index (Phi) is 3.36. The third-order valence-corrected chi connectivity index (χ3v) is 3.91. The molecule has 0 bridgehead atoms. The van der Waals surface area contributed by atoms with Crippen LogP contribution >= 0.6 is 0 Å². The van der Waals surface area contributed by atoms with Gasteiger partial charge < -0.3 is 9.47 Å². The molecule has 0 N–H and O–H groups in total. The van der Waals surface area contributed by atoms with Crippen molar-refractivity contribution in [3.63, 3.8) is 0 Å². The Hall–Kier alpha value is -2.03. The van der Waals surface area contributed by atoms with Crippen LogP contribution in [-0.4, -0.2) is 25.2 Å². The Bertz CT molecular complexity index is 618. The van der Waals surface area contributed by atoms with Gasteiger partial charge in [0.05, 0.1) is 7.11 Å². The fraction of sp³-hybridized carbons (Fsp3) is 0.389. The zero-order chi connectivity index (χ0) is 15.0. The number of fused-ring (bicyclic) bond motifs is 1. The Morgan fingerprint density at radius 2 is 1.86 bits per heavy atom. The Balaban J connectivity index is 1.90. The van der Waals surface area contributed by atoms with Crippen molar-refractivity contribution >= 4 is 5.90 Å². The average Bonchev–Trinajstić information content (AvgIpc) is 2.90. The van der Waals surface area contributed by atoms with E-state index in [2.05, 4.69) is 39.0 Å². The van der Waals surface area contributed by atoms with Gasteiger partial charge >= 0.3 is 0 Å². The molecule has 0 amide bonds. The summed E-state index contributed by atoms with van der Waals surface area (Å²) in [6, 6.07) is 7.92. The van der Waals surface area contributed by atoms with Crippen LogP contribution in [0.2, 0.25) is 0 Å². The van der Waals surface area contributed by atoms with Crippen molar-refractivity contribution in [2.24, 2.45) is 10.4 Å². The smallest absolute Gasteiger partial charge is 0.217 e. The molecule has 1 aliphatic carbocycles. The largest absolute Gasteiger partial charge is 0.497 e. The minimum atomic E-state index is 0.0151. The van der Waals surface area contributed by atoms with Gasteiger partial charge in [-0.25, -0.2) is 4.99 Å². The fourth-order valence-corrected chi connectivity index (χ4v) is 2.75. The standard InChI is InChI=1S/C18H21NO2/c1-18(2,3)14-6-5-7-15-16(14)19-17(21-15)12-8-10-13(20-4)11-9-12/h5-11,15-16H,1-4H3. The van der Waals surface area contributed by atoms with Crippen LogP contribution in [0.25, 0.3) is 0 Å². The molecule has 3 rings (SSSR count). The SMILES string of the molecule is COc1ccc(C2=NC3C(C(C)(C)C)=CC=CC3O2)cc1. The lowest BCUT2D eigenvalue weighted by Crippen LogP contribution is -2.30.